The van der Waals surface area contributed by atoms with Crippen molar-refractivity contribution in [1.29, 1.82) is 0 Å². The Hall–Kier alpha value is -1.78. The number of nitrogens with zero attached hydrogens (tertiary/aromatic N) is 1. The SMILES string of the molecule is CC(C)(C)OC(=O)N1CCCC1COc1ccc(F)cc1. The lowest BCUT2D eigenvalue weighted by molar-refractivity contribution is 0.0187. The molecule has 0 spiro atoms. The molecule has 1 aliphatic rings. The first-order valence-electron chi connectivity index (χ1n) is 7.23. The molecular formula is C16H22FNO3. The van der Waals surface area contributed by atoms with E-state index in [2.05, 4.69) is 0 Å². The van der Waals surface area contributed by atoms with Crippen LogP contribution in [-0.2, 0) is 4.74 Å². The van der Waals surface area contributed by atoms with Gasteiger partial charge in [-0.05, 0) is 57.9 Å². The number of amides is 1. The van der Waals surface area contributed by atoms with Gasteiger partial charge in [-0.2, -0.15) is 0 Å². The predicted molar refractivity (Wildman–Crippen MR) is 77.9 cm³/mol. The van der Waals surface area contributed by atoms with Crippen molar-refractivity contribution in [2.24, 2.45) is 0 Å². The van der Waals surface area contributed by atoms with Gasteiger partial charge in [-0.3, -0.25) is 0 Å². The Morgan fingerprint density at radius 3 is 2.62 bits per heavy atom. The Morgan fingerprint density at radius 1 is 1.33 bits per heavy atom. The summed E-state index contributed by atoms with van der Waals surface area (Å²) in [7, 11) is 0. The van der Waals surface area contributed by atoms with Crippen LogP contribution in [0.15, 0.2) is 24.3 Å². The highest BCUT2D eigenvalue weighted by atomic mass is 19.1. The highest BCUT2D eigenvalue weighted by Gasteiger charge is 2.32. The number of hydrogen-bond donors (Lipinski definition) is 0. The predicted octanol–water partition coefficient (Wildman–Crippen LogP) is 3.60. The van der Waals surface area contributed by atoms with Crippen molar-refractivity contribution in [3.63, 3.8) is 0 Å². The summed E-state index contributed by atoms with van der Waals surface area (Å²) in [6.45, 7) is 6.64. The smallest absolute Gasteiger partial charge is 0.410 e. The lowest BCUT2D eigenvalue weighted by Gasteiger charge is -2.28. The van der Waals surface area contributed by atoms with E-state index in [1.807, 2.05) is 20.8 Å². The van der Waals surface area contributed by atoms with Crippen LogP contribution in [0.5, 0.6) is 5.75 Å². The number of rotatable bonds is 3. The second kappa shape index (κ2) is 6.33. The van der Waals surface area contributed by atoms with E-state index < -0.39 is 5.60 Å². The van der Waals surface area contributed by atoms with Crippen LogP contribution < -0.4 is 4.74 Å². The molecular weight excluding hydrogens is 273 g/mol. The normalized spacial score (nSPS) is 18.7. The first-order chi connectivity index (χ1) is 9.85. The van der Waals surface area contributed by atoms with E-state index in [0.717, 1.165) is 12.8 Å². The van der Waals surface area contributed by atoms with Crippen molar-refractivity contribution >= 4 is 6.09 Å². The third-order valence-electron chi connectivity index (χ3n) is 3.26. The Morgan fingerprint density at radius 2 is 2.00 bits per heavy atom. The number of carbonyl (C=O) groups is 1. The number of benzene rings is 1. The number of likely N-dealkylation sites (tertiary alicyclic amines) is 1. The minimum Gasteiger partial charge on any atom is -0.491 e. The fourth-order valence-electron chi connectivity index (χ4n) is 2.29. The van der Waals surface area contributed by atoms with Crippen molar-refractivity contribution in [2.75, 3.05) is 13.2 Å². The molecule has 116 valence electrons. The van der Waals surface area contributed by atoms with E-state index >= 15 is 0 Å². The molecule has 1 fully saturated rings. The highest BCUT2D eigenvalue weighted by Crippen LogP contribution is 2.22. The molecule has 1 aromatic rings. The molecule has 1 heterocycles. The van der Waals surface area contributed by atoms with Crippen LogP contribution in [0.4, 0.5) is 9.18 Å². The zero-order valence-corrected chi connectivity index (χ0v) is 12.8. The third kappa shape index (κ3) is 4.62. The van der Waals surface area contributed by atoms with Gasteiger partial charge in [0.15, 0.2) is 0 Å². The van der Waals surface area contributed by atoms with Gasteiger partial charge in [0.2, 0.25) is 0 Å². The van der Waals surface area contributed by atoms with Crippen molar-refractivity contribution in [2.45, 2.75) is 45.3 Å². The molecule has 1 atom stereocenters. The van der Waals surface area contributed by atoms with Gasteiger partial charge in [0.1, 0.15) is 23.8 Å². The van der Waals surface area contributed by atoms with E-state index in [-0.39, 0.29) is 18.0 Å². The lowest BCUT2D eigenvalue weighted by Crippen LogP contribution is -2.42. The van der Waals surface area contributed by atoms with Crippen molar-refractivity contribution < 1.29 is 18.7 Å². The van der Waals surface area contributed by atoms with Gasteiger partial charge in [-0.1, -0.05) is 0 Å². The highest BCUT2D eigenvalue weighted by molar-refractivity contribution is 5.69. The van der Waals surface area contributed by atoms with Gasteiger partial charge < -0.3 is 14.4 Å². The first kappa shape index (κ1) is 15.6. The molecule has 1 saturated heterocycles. The van der Waals surface area contributed by atoms with E-state index in [1.165, 1.54) is 12.1 Å². The van der Waals surface area contributed by atoms with Crippen LogP contribution in [0.2, 0.25) is 0 Å². The van der Waals surface area contributed by atoms with Crippen molar-refractivity contribution in [1.82, 2.24) is 4.90 Å². The summed E-state index contributed by atoms with van der Waals surface area (Å²) in [5, 5.41) is 0. The Kier molecular flexibility index (Phi) is 4.70. The molecule has 0 aliphatic carbocycles. The second-order valence-electron chi connectivity index (χ2n) is 6.23. The molecule has 4 nitrogen and oxygen atoms in total. The molecule has 1 unspecified atom stereocenters. The van der Waals surface area contributed by atoms with E-state index in [4.69, 9.17) is 9.47 Å². The van der Waals surface area contributed by atoms with E-state index in [1.54, 1.807) is 17.0 Å². The quantitative estimate of drug-likeness (QED) is 0.855. The molecule has 1 aromatic carbocycles. The number of hydrogen-bond acceptors (Lipinski definition) is 3. The minimum absolute atomic E-state index is 0.00454. The average molecular weight is 295 g/mol. The number of halogens is 1. The molecule has 0 N–H and O–H groups in total. The third-order valence-corrected chi connectivity index (χ3v) is 3.26. The molecule has 5 heteroatoms. The lowest BCUT2D eigenvalue weighted by atomic mass is 10.2. The van der Waals surface area contributed by atoms with Crippen molar-refractivity contribution in [3.05, 3.63) is 30.1 Å². The maximum atomic E-state index is 12.8. The fraction of sp³-hybridized carbons (Fsp3) is 0.562. The zero-order chi connectivity index (χ0) is 15.5. The van der Waals surface area contributed by atoms with Crippen LogP contribution in [0.3, 0.4) is 0 Å². The van der Waals surface area contributed by atoms with Crippen LogP contribution in [-0.4, -0.2) is 35.8 Å². The number of carbonyl (C=O) groups excluding carboxylic acids is 1. The summed E-state index contributed by atoms with van der Waals surface area (Å²) in [6.07, 6.45) is 1.53. The standard InChI is InChI=1S/C16H22FNO3/c1-16(2,3)21-15(19)18-10-4-5-13(18)11-20-14-8-6-12(17)7-9-14/h6-9,13H,4-5,10-11H2,1-3H3. The maximum Gasteiger partial charge on any atom is 0.410 e. The van der Waals surface area contributed by atoms with E-state index in [0.29, 0.717) is 18.9 Å². The largest absolute Gasteiger partial charge is 0.491 e. The molecule has 1 amide bonds. The van der Waals surface area contributed by atoms with Crippen LogP contribution in [0.1, 0.15) is 33.6 Å². The molecule has 0 radical (unpaired) electrons. The first-order valence-corrected chi connectivity index (χ1v) is 7.23. The summed E-state index contributed by atoms with van der Waals surface area (Å²) in [6, 6.07) is 5.89. The summed E-state index contributed by atoms with van der Waals surface area (Å²) >= 11 is 0. The van der Waals surface area contributed by atoms with Crippen molar-refractivity contribution in [3.8, 4) is 5.75 Å². The summed E-state index contributed by atoms with van der Waals surface area (Å²) in [4.78, 5) is 13.8. The maximum absolute atomic E-state index is 12.8. The monoisotopic (exact) mass is 295 g/mol. The van der Waals surface area contributed by atoms with Gasteiger partial charge in [-0.15, -0.1) is 0 Å². The minimum atomic E-state index is -0.498. The summed E-state index contributed by atoms with van der Waals surface area (Å²) in [5.41, 5.74) is -0.498. The molecule has 0 saturated carbocycles. The van der Waals surface area contributed by atoms with Gasteiger partial charge in [0, 0.05) is 6.54 Å². The Labute approximate surface area is 124 Å². The van der Waals surface area contributed by atoms with Gasteiger partial charge in [0.25, 0.3) is 0 Å². The molecule has 21 heavy (non-hydrogen) atoms. The Bertz CT molecular complexity index is 481. The topological polar surface area (TPSA) is 38.8 Å². The van der Waals surface area contributed by atoms with Gasteiger partial charge in [0.05, 0.1) is 6.04 Å². The Balaban J connectivity index is 1.90. The van der Waals surface area contributed by atoms with Crippen LogP contribution >= 0.6 is 0 Å². The number of ether oxygens (including phenoxy) is 2. The van der Waals surface area contributed by atoms with Crippen LogP contribution in [0, 0.1) is 5.82 Å². The zero-order valence-electron chi connectivity index (χ0n) is 12.8. The summed E-state index contributed by atoms with van der Waals surface area (Å²) < 4.78 is 23.9. The van der Waals surface area contributed by atoms with Crippen LogP contribution in [0.25, 0.3) is 0 Å². The molecule has 0 bridgehead atoms. The second-order valence-corrected chi connectivity index (χ2v) is 6.23. The van der Waals surface area contributed by atoms with Gasteiger partial charge in [-0.25, -0.2) is 9.18 Å². The van der Waals surface area contributed by atoms with E-state index in [9.17, 15) is 9.18 Å². The fourth-order valence-corrected chi connectivity index (χ4v) is 2.29. The molecule has 0 aromatic heterocycles. The molecule has 1 aliphatic heterocycles. The van der Waals surface area contributed by atoms with Gasteiger partial charge >= 0.3 is 6.09 Å². The molecule has 2 rings (SSSR count). The summed E-state index contributed by atoms with van der Waals surface area (Å²) in [5.74, 6) is 0.311. The average Bonchev–Trinajstić information content (AvgIpc) is 2.84.